The number of anilines is 6. The lowest BCUT2D eigenvalue weighted by atomic mass is 10.1. The Morgan fingerprint density at radius 2 is 0.633 bits per heavy atom. The van der Waals surface area contributed by atoms with E-state index in [1.807, 2.05) is 103 Å². The maximum Gasteiger partial charge on any atom is 0.314 e. The Morgan fingerprint density at radius 1 is 0.347 bits per heavy atom. The Morgan fingerprint density at radius 3 is 0.939 bits per heavy atom. The quantitative estimate of drug-likeness (QED) is 0.162. The first-order valence-electron chi connectivity index (χ1n) is 16.1. The van der Waals surface area contributed by atoms with Crippen molar-refractivity contribution in [2.24, 2.45) is 0 Å². The largest absolute Gasteiger partial charge is 0.479 e. The molecule has 0 unspecified atom stereocenters. The minimum absolute atomic E-state index is 0.268. The summed E-state index contributed by atoms with van der Waals surface area (Å²) in [6, 6.07) is 59.6. The van der Waals surface area contributed by atoms with E-state index in [0.29, 0.717) is 11.4 Å². The zero-order valence-corrected chi connectivity index (χ0v) is 26.8. The third-order valence-corrected chi connectivity index (χ3v) is 8.01. The SMILES string of the molecule is Oc1nc(/C=C/c2ccc(N(c3ccccc3)c3ccccc3)cc2)cc(/C=C/c2ccc(N(c3ccccc3)c3ccccc3)cc2)n1. The van der Waals surface area contributed by atoms with Gasteiger partial charge in [0.25, 0.3) is 0 Å². The zero-order valence-electron chi connectivity index (χ0n) is 26.8. The van der Waals surface area contributed by atoms with Crippen LogP contribution in [0.25, 0.3) is 24.3 Å². The number of para-hydroxylation sites is 4. The fraction of sp³-hybridized carbons (Fsp3) is 0. The van der Waals surface area contributed by atoms with Crippen molar-refractivity contribution >= 4 is 58.4 Å². The van der Waals surface area contributed by atoms with Crippen molar-refractivity contribution in [3.05, 3.63) is 198 Å². The molecule has 5 heteroatoms. The van der Waals surface area contributed by atoms with Crippen LogP contribution in [0.5, 0.6) is 6.01 Å². The number of benzene rings is 6. The molecular formula is C44H34N4O. The van der Waals surface area contributed by atoms with E-state index in [2.05, 4.69) is 117 Å². The second-order valence-electron chi connectivity index (χ2n) is 11.4. The lowest BCUT2D eigenvalue weighted by Gasteiger charge is -2.25. The molecule has 236 valence electrons. The van der Waals surface area contributed by atoms with Crippen LogP contribution in [0.3, 0.4) is 0 Å². The number of nitrogens with zero attached hydrogens (tertiary/aromatic N) is 4. The fourth-order valence-electron chi connectivity index (χ4n) is 5.68. The molecule has 0 saturated heterocycles. The number of aromatic nitrogens is 2. The standard InChI is InChI=1S/C44H34N4O/c49-44-45-36(27-21-34-23-29-42(30-24-34)47(38-13-5-1-6-14-38)39-15-7-2-8-16-39)33-37(46-44)28-22-35-25-31-43(32-26-35)48(40-17-9-3-10-18-40)41-19-11-4-12-20-41/h1-33H,(H,45,46,49)/b27-21+,28-22+. The second kappa shape index (κ2) is 14.8. The van der Waals surface area contributed by atoms with Crippen LogP contribution in [0, 0.1) is 0 Å². The predicted octanol–water partition coefficient (Wildman–Crippen LogP) is 11.5. The van der Waals surface area contributed by atoms with Crippen LogP contribution in [0.15, 0.2) is 176 Å². The van der Waals surface area contributed by atoms with Crippen molar-refractivity contribution in [1.29, 1.82) is 0 Å². The van der Waals surface area contributed by atoms with Crippen LogP contribution >= 0.6 is 0 Å². The first kappa shape index (κ1) is 30.9. The van der Waals surface area contributed by atoms with Crippen molar-refractivity contribution < 1.29 is 5.11 Å². The van der Waals surface area contributed by atoms with Crippen LogP contribution in [0.1, 0.15) is 22.5 Å². The summed E-state index contributed by atoms with van der Waals surface area (Å²) >= 11 is 0. The minimum atomic E-state index is -0.268. The summed E-state index contributed by atoms with van der Waals surface area (Å²) in [5, 5.41) is 10.3. The molecule has 1 heterocycles. The predicted molar refractivity (Wildman–Crippen MR) is 204 cm³/mol. The third kappa shape index (κ3) is 7.64. The molecule has 0 aliphatic carbocycles. The summed E-state index contributed by atoms with van der Waals surface area (Å²) in [4.78, 5) is 12.9. The van der Waals surface area contributed by atoms with E-state index in [-0.39, 0.29) is 6.01 Å². The average Bonchev–Trinajstić information content (AvgIpc) is 3.16. The van der Waals surface area contributed by atoms with Crippen LogP contribution in [0.4, 0.5) is 34.1 Å². The van der Waals surface area contributed by atoms with Gasteiger partial charge in [0.2, 0.25) is 0 Å². The highest BCUT2D eigenvalue weighted by Gasteiger charge is 2.12. The lowest BCUT2D eigenvalue weighted by molar-refractivity contribution is 0.429. The Kier molecular flexibility index (Phi) is 9.33. The molecule has 0 aliphatic rings. The molecule has 7 aromatic rings. The molecule has 5 nitrogen and oxygen atoms in total. The molecule has 0 atom stereocenters. The van der Waals surface area contributed by atoms with Gasteiger partial charge in [0, 0.05) is 34.1 Å². The highest BCUT2D eigenvalue weighted by atomic mass is 16.3. The summed E-state index contributed by atoms with van der Waals surface area (Å²) in [6.45, 7) is 0. The molecule has 0 bridgehead atoms. The van der Waals surface area contributed by atoms with Gasteiger partial charge in [-0.25, -0.2) is 0 Å². The first-order valence-corrected chi connectivity index (χ1v) is 16.1. The highest BCUT2D eigenvalue weighted by Crippen LogP contribution is 2.35. The maximum atomic E-state index is 10.3. The van der Waals surface area contributed by atoms with Gasteiger partial charge in [-0.3, -0.25) is 0 Å². The van der Waals surface area contributed by atoms with Crippen molar-refractivity contribution in [2.75, 3.05) is 9.80 Å². The average molecular weight is 635 g/mol. The minimum Gasteiger partial charge on any atom is -0.479 e. The maximum absolute atomic E-state index is 10.3. The van der Waals surface area contributed by atoms with E-state index in [1.165, 1.54) is 0 Å². The van der Waals surface area contributed by atoms with E-state index in [1.54, 1.807) is 0 Å². The summed E-state index contributed by atoms with van der Waals surface area (Å²) in [7, 11) is 0. The monoisotopic (exact) mass is 634 g/mol. The summed E-state index contributed by atoms with van der Waals surface area (Å²) in [5.74, 6) is 0. The van der Waals surface area contributed by atoms with Crippen LogP contribution in [-0.4, -0.2) is 15.1 Å². The zero-order chi connectivity index (χ0) is 33.3. The Bertz CT molecular complexity index is 1920. The van der Waals surface area contributed by atoms with Crippen LogP contribution < -0.4 is 9.80 Å². The van der Waals surface area contributed by atoms with Crippen LogP contribution in [-0.2, 0) is 0 Å². The van der Waals surface area contributed by atoms with Gasteiger partial charge >= 0.3 is 6.01 Å². The van der Waals surface area contributed by atoms with Gasteiger partial charge in [-0.1, -0.05) is 109 Å². The molecule has 7 rings (SSSR count). The Labute approximate surface area is 287 Å². The third-order valence-electron chi connectivity index (χ3n) is 8.01. The van der Waals surface area contributed by atoms with Crippen molar-refractivity contribution in [1.82, 2.24) is 9.97 Å². The van der Waals surface area contributed by atoms with E-state index in [0.717, 1.165) is 45.3 Å². The molecule has 0 aliphatic heterocycles. The Hall–Kier alpha value is -6.72. The number of hydrogen-bond donors (Lipinski definition) is 1. The highest BCUT2D eigenvalue weighted by molar-refractivity contribution is 5.80. The van der Waals surface area contributed by atoms with Crippen molar-refractivity contribution in [2.45, 2.75) is 0 Å². The topological polar surface area (TPSA) is 52.5 Å². The molecule has 49 heavy (non-hydrogen) atoms. The molecule has 0 fully saturated rings. The molecule has 0 spiro atoms. The van der Waals surface area contributed by atoms with E-state index >= 15 is 0 Å². The van der Waals surface area contributed by atoms with Gasteiger partial charge in [-0.2, -0.15) is 9.97 Å². The van der Waals surface area contributed by atoms with Crippen molar-refractivity contribution in [3.8, 4) is 6.01 Å². The van der Waals surface area contributed by atoms with Gasteiger partial charge in [0.1, 0.15) is 0 Å². The fourth-order valence-corrected chi connectivity index (χ4v) is 5.68. The summed E-state index contributed by atoms with van der Waals surface area (Å²) in [5.41, 5.74) is 9.73. The van der Waals surface area contributed by atoms with Gasteiger partial charge in [0.15, 0.2) is 0 Å². The van der Waals surface area contributed by atoms with Gasteiger partial charge in [-0.05, 0) is 102 Å². The molecule has 1 N–H and O–H groups in total. The number of rotatable bonds is 10. The second-order valence-corrected chi connectivity index (χ2v) is 11.4. The van der Waals surface area contributed by atoms with Gasteiger partial charge in [-0.15, -0.1) is 0 Å². The summed E-state index contributed by atoms with van der Waals surface area (Å²) in [6.07, 6.45) is 7.74. The number of hydrogen-bond acceptors (Lipinski definition) is 5. The molecular weight excluding hydrogens is 601 g/mol. The number of aromatic hydroxyl groups is 1. The molecule has 0 radical (unpaired) electrons. The molecule has 1 aromatic heterocycles. The first-order chi connectivity index (χ1) is 24.2. The smallest absolute Gasteiger partial charge is 0.314 e. The normalized spacial score (nSPS) is 11.2. The van der Waals surface area contributed by atoms with E-state index < -0.39 is 0 Å². The molecule has 0 saturated carbocycles. The summed E-state index contributed by atoms with van der Waals surface area (Å²) < 4.78 is 0. The molecule has 6 aromatic carbocycles. The molecule has 0 amide bonds. The van der Waals surface area contributed by atoms with Crippen LogP contribution in [0.2, 0.25) is 0 Å². The van der Waals surface area contributed by atoms with E-state index in [9.17, 15) is 5.11 Å². The van der Waals surface area contributed by atoms with Gasteiger partial charge < -0.3 is 14.9 Å². The van der Waals surface area contributed by atoms with E-state index in [4.69, 9.17) is 0 Å². The van der Waals surface area contributed by atoms with Gasteiger partial charge in [0.05, 0.1) is 11.4 Å². The van der Waals surface area contributed by atoms with Crippen molar-refractivity contribution in [3.63, 3.8) is 0 Å². The Balaban J connectivity index is 1.07. The lowest BCUT2D eigenvalue weighted by Crippen LogP contribution is -2.09.